The number of benzene rings is 1. The first-order chi connectivity index (χ1) is 9.08. The van der Waals surface area contributed by atoms with E-state index in [0.29, 0.717) is 12.1 Å². The minimum atomic E-state index is -0.898. The van der Waals surface area contributed by atoms with Crippen LogP contribution in [0.25, 0.3) is 0 Å². The summed E-state index contributed by atoms with van der Waals surface area (Å²) in [5.41, 5.74) is 3.69. The lowest BCUT2D eigenvalue weighted by Crippen LogP contribution is -2.13. The third kappa shape index (κ3) is 3.20. The summed E-state index contributed by atoms with van der Waals surface area (Å²) in [7, 11) is 1.92. The molecule has 0 aliphatic rings. The van der Waals surface area contributed by atoms with E-state index in [1.807, 2.05) is 37.0 Å². The summed E-state index contributed by atoms with van der Waals surface area (Å²) in [6.07, 6.45) is 1.86. The molecule has 2 rings (SSSR count). The van der Waals surface area contributed by atoms with Gasteiger partial charge < -0.3 is 10.4 Å². The summed E-state index contributed by atoms with van der Waals surface area (Å²) in [6.45, 7) is 3.49. The number of hydrogen-bond acceptors (Lipinski definition) is 3. The van der Waals surface area contributed by atoms with Gasteiger partial charge in [0.05, 0.1) is 11.8 Å². The number of aromatic carboxylic acids is 1. The first-order valence-electron chi connectivity index (χ1n) is 6.08. The Labute approximate surface area is 111 Å². The van der Waals surface area contributed by atoms with Crippen molar-refractivity contribution in [3.05, 3.63) is 52.8 Å². The Morgan fingerprint density at radius 1 is 1.32 bits per heavy atom. The number of aryl methyl sites for hydroxylation is 1. The Morgan fingerprint density at radius 3 is 2.53 bits per heavy atom. The minimum absolute atomic E-state index is 0.312. The molecule has 1 heterocycles. The summed E-state index contributed by atoms with van der Waals surface area (Å²) in [6, 6.07) is 6.89. The first-order valence-corrected chi connectivity index (χ1v) is 6.08. The van der Waals surface area contributed by atoms with Gasteiger partial charge in [-0.1, -0.05) is 12.1 Å². The van der Waals surface area contributed by atoms with Crippen LogP contribution in [0.1, 0.15) is 27.2 Å². The summed E-state index contributed by atoms with van der Waals surface area (Å²) >= 11 is 0. The third-order valence-electron chi connectivity index (χ3n) is 3.18. The molecule has 100 valence electrons. The second-order valence-electron chi connectivity index (χ2n) is 4.48. The Morgan fingerprint density at radius 2 is 2.00 bits per heavy atom. The number of carboxylic acids is 1. The second kappa shape index (κ2) is 5.67. The molecule has 0 saturated heterocycles. The molecule has 0 fully saturated rings. The van der Waals surface area contributed by atoms with E-state index in [9.17, 15) is 4.79 Å². The predicted molar refractivity (Wildman–Crippen MR) is 71.9 cm³/mol. The van der Waals surface area contributed by atoms with Crippen LogP contribution in [0.5, 0.6) is 0 Å². The molecule has 0 amide bonds. The zero-order chi connectivity index (χ0) is 13.8. The van der Waals surface area contributed by atoms with E-state index >= 15 is 0 Å². The van der Waals surface area contributed by atoms with Crippen molar-refractivity contribution in [1.82, 2.24) is 15.1 Å². The maximum Gasteiger partial charge on any atom is 0.335 e. The van der Waals surface area contributed by atoms with Crippen molar-refractivity contribution in [1.29, 1.82) is 0 Å². The summed E-state index contributed by atoms with van der Waals surface area (Å²) < 4.78 is 1.85. The molecule has 0 unspecified atom stereocenters. The normalized spacial score (nSPS) is 10.6. The zero-order valence-electron chi connectivity index (χ0n) is 11.1. The van der Waals surface area contributed by atoms with E-state index < -0.39 is 5.97 Å². The molecular formula is C14H17N3O2. The van der Waals surface area contributed by atoms with E-state index in [4.69, 9.17) is 5.11 Å². The van der Waals surface area contributed by atoms with E-state index in [0.717, 1.165) is 17.8 Å². The lowest BCUT2D eigenvalue weighted by Gasteiger charge is -2.05. The van der Waals surface area contributed by atoms with Crippen molar-refractivity contribution in [3.63, 3.8) is 0 Å². The third-order valence-corrected chi connectivity index (χ3v) is 3.18. The van der Waals surface area contributed by atoms with Gasteiger partial charge in [-0.05, 0) is 24.6 Å². The summed E-state index contributed by atoms with van der Waals surface area (Å²) in [4.78, 5) is 10.7. The van der Waals surface area contributed by atoms with Gasteiger partial charge in [-0.2, -0.15) is 5.10 Å². The highest BCUT2D eigenvalue weighted by atomic mass is 16.4. The van der Waals surface area contributed by atoms with Crippen LogP contribution in [0, 0.1) is 6.92 Å². The maximum absolute atomic E-state index is 10.7. The van der Waals surface area contributed by atoms with Crippen molar-refractivity contribution in [2.24, 2.45) is 7.05 Å². The van der Waals surface area contributed by atoms with Crippen LogP contribution in [0.2, 0.25) is 0 Å². The van der Waals surface area contributed by atoms with Gasteiger partial charge in [-0.25, -0.2) is 4.79 Å². The van der Waals surface area contributed by atoms with E-state index in [1.54, 1.807) is 12.1 Å². The van der Waals surface area contributed by atoms with Gasteiger partial charge in [0, 0.05) is 31.4 Å². The van der Waals surface area contributed by atoms with Gasteiger partial charge >= 0.3 is 5.97 Å². The molecular weight excluding hydrogens is 242 g/mol. The predicted octanol–water partition coefficient (Wildman–Crippen LogP) is 1.72. The van der Waals surface area contributed by atoms with E-state index in [2.05, 4.69) is 10.4 Å². The second-order valence-corrected chi connectivity index (χ2v) is 4.48. The average molecular weight is 259 g/mol. The fraction of sp³-hybridized carbons (Fsp3) is 0.286. The molecule has 5 nitrogen and oxygen atoms in total. The topological polar surface area (TPSA) is 67.2 Å². The van der Waals surface area contributed by atoms with Crippen LogP contribution in [-0.4, -0.2) is 20.9 Å². The molecule has 0 radical (unpaired) electrons. The molecule has 1 aromatic carbocycles. The van der Waals surface area contributed by atoms with E-state index in [-0.39, 0.29) is 0 Å². The van der Waals surface area contributed by atoms with Crippen LogP contribution in [0.3, 0.4) is 0 Å². The Hall–Kier alpha value is -2.14. The van der Waals surface area contributed by atoms with Crippen molar-refractivity contribution in [2.45, 2.75) is 20.0 Å². The molecule has 0 spiro atoms. The molecule has 0 bridgehead atoms. The monoisotopic (exact) mass is 259 g/mol. The fourth-order valence-corrected chi connectivity index (χ4v) is 1.82. The molecule has 5 heteroatoms. The smallest absolute Gasteiger partial charge is 0.335 e. The van der Waals surface area contributed by atoms with Crippen molar-refractivity contribution in [2.75, 3.05) is 0 Å². The van der Waals surface area contributed by atoms with Crippen molar-refractivity contribution in [3.8, 4) is 0 Å². The van der Waals surface area contributed by atoms with Gasteiger partial charge in [0.2, 0.25) is 0 Å². The standard InChI is InChI=1S/C14H17N3O2/c1-10-13(9-16-17(10)2)8-15-7-11-3-5-12(6-4-11)14(18)19/h3-6,9,15H,7-8H2,1-2H3,(H,18,19). The fourth-order valence-electron chi connectivity index (χ4n) is 1.82. The van der Waals surface area contributed by atoms with Crippen molar-refractivity contribution < 1.29 is 9.90 Å². The molecule has 0 aliphatic heterocycles. The van der Waals surface area contributed by atoms with E-state index in [1.165, 1.54) is 5.56 Å². The highest BCUT2D eigenvalue weighted by molar-refractivity contribution is 5.87. The molecule has 1 aromatic heterocycles. The van der Waals surface area contributed by atoms with Crippen LogP contribution in [0.4, 0.5) is 0 Å². The number of nitrogens with one attached hydrogen (secondary N) is 1. The largest absolute Gasteiger partial charge is 0.478 e. The van der Waals surface area contributed by atoms with Gasteiger partial charge in [0.15, 0.2) is 0 Å². The van der Waals surface area contributed by atoms with Crippen LogP contribution in [-0.2, 0) is 20.1 Å². The zero-order valence-corrected chi connectivity index (χ0v) is 11.1. The Bertz CT molecular complexity index is 573. The lowest BCUT2D eigenvalue weighted by molar-refractivity contribution is 0.0697. The van der Waals surface area contributed by atoms with Crippen LogP contribution < -0.4 is 5.32 Å². The molecule has 2 aromatic rings. The minimum Gasteiger partial charge on any atom is -0.478 e. The number of rotatable bonds is 5. The molecule has 19 heavy (non-hydrogen) atoms. The molecule has 0 aliphatic carbocycles. The van der Waals surface area contributed by atoms with Gasteiger partial charge in [-0.3, -0.25) is 4.68 Å². The SMILES string of the molecule is Cc1c(CNCc2ccc(C(=O)O)cc2)cnn1C. The summed E-state index contributed by atoms with van der Waals surface area (Å²) in [5, 5.41) is 16.3. The maximum atomic E-state index is 10.7. The quantitative estimate of drug-likeness (QED) is 0.858. The number of carboxylic acid groups (broad SMARTS) is 1. The average Bonchev–Trinajstić information content (AvgIpc) is 2.71. The first kappa shape index (κ1) is 13.3. The number of nitrogens with zero attached hydrogens (tertiary/aromatic N) is 2. The number of hydrogen-bond donors (Lipinski definition) is 2. The van der Waals surface area contributed by atoms with Crippen molar-refractivity contribution >= 4 is 5.97 Å². The lowest BCUT2D eigenvalue weighted by atomic mass is 10.1. The molecule has 0 atom stereocenters. The van der Waals surface area contributed by atoms with Crippen LogP contribution in [0.15, 0.2) is 30.5 Å². The van der Waals surface area contributed by atoms with Crippen LogP contribution >= 0.6 is 0 Å². The van der Waals surface area contributed by atoms with Gasteiger partial charge in [0.25, 0.3) is 0 Å². The Kier molecular flexibility index (Phi) is 3.97. The number of aromatic nitrogens is 2. The number of carbonyl (C=O) groups is 1. The summed E-state index contributed by atoms with van der Waals surface area (Å²) in [5.74, 6) is -0.898. The highest BCUT2D eigenvalue weighted by Crippen LogP contribution is 2.07. The van der Waals surface area contributed by atoms with Gasteiger partial charge in [0.1, 0.15) is 0 Å². The van der Waals surface area contributed by atoms with Gasteiger partial charge in [-0.15, -0.1) is 0 Å². The molecule has 0 saturated carbocycles. The Balaban J connectivity index is 1.89. The highest BCUT2D eigenvalue weighted by Gasteiger charge is 2.04. The molecule has 2 N–H and O–H groups in total.